The fraction of sp³-hybridized carbons (Fsp3) is 0.368. The summed E-state index contributed by atoms with van der Waals surface area (Å²) in [5, 5.41) is 10.1. The average Bonchev–Trinajstić information content (AvgIpc) is 2.89. The summed E-state index contributed by atoms with van der Waals surface area (Å²) in [6.07, 6.45) is 0. The summed E-state index contributed by atoms with van der Waals surface area (Å²) >= 11 is 1.75. The molecular formula is C19H35Cl2NOSiTi-4. The van der Waals surface area contributed by atoms with Gasteiger partial charge in [-0.3, -0.25) is 0 Å². The zero-order chi connectivity index (χ0) is 18.0. The molecule has 2 rings (SSSR count). The minimum atomic E-state index is -0.250. The molecule has 2 aromatic carbocycles. The number of nitrogens with one attached hydrogen (secondary N) is 1. The number of halogens is 2. The first-order valence-corrected chi connectivity index (χ1v) is 10.1. The zero-order valence-corrected chi connectivity index (χ0v) is 20.6. The Labute approximate surface area is 182 Å². The number of aliphatic hydroxyl groups is 1. The maximum atomic E-state index is 7.46. The van der Waals surface area contributed by atoms with Crippen LogP contribution in [0, 0.1) is 14.4 Å². The van der Waals surface area contributed by atoms with Crippen molar-refractivity contribution in [3.05, 3.63) is 62.5 Å². The number of hydrogen-bond acceptors (Lipinski definition) is 1. The van der Waals surface area contributed by atoms with Crippen molar-refractivity contribution >= 4 is 49.9 Å². The second-order valence-electron chi connectivity index (χ2n) is 5.13. The molecule has 0 aliphatic carbocycles. The Bertz CT molecular complexity index is 410. The molecule has 2 nitrogen and oxygen atoms in total. The molecule has 0 aromatic heterocycles. The third-order valence-electron chi connectivity index (χ3n) is 1.55. The van der Waals surface area contributed by atoms with Crippen molar-refractivity contribution in [3.63, 3.8) is 0 Å². The van der Waals surface area contributed by atoms with E-state index in [0.717, 1.165) is 9.52 Å². The minimum Gasteiger partial charge on any atom is -0.358 e. The summed E-state index contributed by atoms with van der Waals surface area (Å²) in [5.41, 5.74) is 6.69. The van der Waals surface area contributed by atoms with Crippen molar-refractivity contribution < 1.29 is 25.1 Å². The van der Waals surface area contributed by atoms with E-state index >= 15 is 0 Å². The molecule has 0 aliphatic rings. The van der Waals surface area contributed by atoms with E-state index in [0.29, 0.717) is 0 Å². The third kappa shape index (κ3) is 40.3. The molecule has 0 aliphatic heterocycles. The number of benzene rings is 1. The SMILES string of the molecule is CC(C)(C)[NH-].C[Si]C.Cl.Cl.[CH2-]CO.[CH2]=[Ti].[CH3-].c1ccc2[cH-]ccc2c1. The van der Waals surface area contributed by atoms with Gasteiger partial charge in [0.1, 0.15) is 0 Å². The topological polar surface area (TPSA) is 44.0 Å². The van der Waals surface area contributed by atoms with Crippen molar-refractivity contribution in [2.24, 2.45) is 0 Å². The molecule has 148 valence electrons. The fourth-order valence-electron chi connectivity index (χ4n) is 1.07. The van der Waals surface area contributed by atoms with Crippen molar-refractivity contribution in [2.45, 2.75) is 39.4 Å². The molecule has 0 saturated heterocycles. The number of fused-ring (bicyclic) bond motifs is 1. The van der Waals surface area contributed by atoms with Gasteiger partial charge in [-0.25, -0.2) is 0 Å². The standard InChI is InChI=1S/C9H7.C4H10N.C2H5O.C2H6Si.CH3.CH2.2ClH.Ti/c1-2-5-9-7-3-6-8(9)4-1;1-4(2,3)5;1-2-3;1-3-2;;;;;/h1-7H;5H,1-3H3;3H,1-2H2;1-2H3;1H3;1H2;2*1H;/q3*-1;;-1;;;;. The fourth-order valence-corrected chi connectivity index (χ4v) is 1.07. The summed E-state index contributed by atoms with van der Waals surface area (Å²) in [6, 6.07) is 14.7. The van der Waals surface area contributed by atoms with E-state index in [-0.39, 0.29) is 44.4 Å². The van der Waals surface area contributed by atoms with E-state index in [9.17, 15) is 0 Å². The molecule has 6 heteroatoms. The maximum Gasteiger partial charge on any atom is -0.0809 e. The van der Waals surface area contributed by atoms with Crippen LogP contribution in [-0.2, 0) is 20.0 Å². The van der Waals surface area contributed by atoms with Gasteiger partial charge in [-0.2, -0.15) is 17.5 Å². The van der Waals surface area contributed by atoms with Crippen molar-refractivity contribution in [1.82, 2.24) is 0 Å². The smallest absolute Gasteiger partial charge is 0.0809 e. The molecule has 0 fully saturated rings. The van der Waals surface area contributed by atoms with Gasteiger partial charge < -0.3 is 25.2 Å². The van der Waals surface area contributed by atoms with Crippen LogP contribution < -0.4 is 0 Å². The van der Waals surface area contributed by atoms with Gasteiger partial charge >= 0.3 is 24.8 Å². The van der Waals surface area contributed by atoms with Crippen LogP contribution in [0.5, 0.6) is 0 Å². The average molecular weight is 440 g/mol. The van der Waals surface area contributed by atoms with E-state index in [2.05, 4.69) is 67.3 Å². The van der Waals surface area contributed by atoms with Crippen molar-refractivity contribution in [3.8, 4) is 0 Å². The van der Waals surface area contributed by atoms with Crippen LogP contribution in [0.4, 0.5) is 0 Å². The van der Waals surface area contributed by atoms with E-state index in [1.807, 2.05) is 20.8 Å². The number of aliphatic hydroxyl groups excluding tert-OH is 1. The Morgan fingerprint density at radius 2 is 1.48 bits per heavy atom. The third-order valence-corrected chi connectivity index (χ3v) is 1.55. The van der Waals surface area contributed by atoms with Gasteiger partial charge in [0.2, 0.25) is 0 Å². The Hall–Kier alpha value is 0.131. The molecule has 0 amide bonds. The van der Waals surface area contributed by atoms with E-state index < -0.39 is 0 Å². The van der Waals surface area contributed by atoms with Crippen LogP contribution in [0.2, 0.25) is 13.1 Å². The summed E-state index contributed by atoms with van der Waals surface area (Å²) < 4.78 is 0. The summed E-state index contributed by atoms with van der Waals surface area (Å²) in [7, 11) is 1.08. The molecule has 0 bridgehead atoms. The summed E-state index contributed by atoms with van der Waals surface area (Å²) in [6.45, 7) is 12.9. The van der Waals surface area contributed by atoms with Gasteiger partial charge in [-0.15, -0.1) is 60.0 Å². The molecule has 0 heterocycles. The van der Waals surface area contributed by atoms with Gasteiger partial charge in [-0.1, -0.05) is 46.5 Å². The van der Waals surface area contributed by atoms with E-state index in [4.69, 9.17) is 10.8 Å². The van der Waals surface area contributed by atoms with E-state index in [1.165, 1.54) is 10.8 Å². The Morgan fingerprint density at radius 1 is 1.16 bits per heavy atom. The first-order chi connectivity index (χ1) is 10.3. The molecule has 0 saturated carbocycles. The predicted molar refractivity (Wildman–Crippen MR) is 122 cm³/mol. The second-order valence-corrected chi connectivity index (χ2v) is 6.13. The molecule has 25 heavy (non-hydrogen) atoms. The van der Waals surface area contributed by atoms with Gasteiger partial charge in [0.05, 0.1) is 0 Å². The van der Waals surface area contributed by atoms with Gasteiger partial charge in [0.15, 0.2) is 0 Å². The molecule has 2 aromatic rings. The Kier molecular flexibility index (Phi) is 46.2. The van der Waals surface area contributed by atoms with Crippen molar-refractivity contribution in [1.29, 1.82) is 0 Å². The molecule has 2 radical (unpaired) electrons. The van der Waals surface area contributed by atoms with E-state index in [1.54, 1.807) is 20.0 Å². The van der Waals surface area contributed by atoms with Crippen LogP contribution in [0.3, 0.4) is 0 Å². The normalized spacial score (nSPS) is 7.64. The largest absolute Gasteiger partial charge is 0.358 e. The first kappa shape index (κ1) is 40.0. The zero-order valence-electron chi connectivity index (χ0n) is 16.4. The van der Waals surface area contributed by atoms with Crippen LogP contribution in [0.15, 0.2) is 42.5 Å². The molecule has 0 unspecified atom stereocenters. The number of hydrogen-bond donors (Lipinski definition) is 1. The van der Waals surface area contributed by atoms with Gasteiger partial charge in [0.25, 0.3) is 0 Å². The van der Waals surface area contributed by atoms with Crippen LogP contribution >= 0.6 is 24.8 Å². The Balaban J connectivity index is -0.0000000499. The van der Waals surface area contributed by atoms with Crippen LogP contribution in [0.1, 0.15) is 20.8 Å². The molecule has 2 N–H and O–H groups in total. The van der Waals surface area contributed by atoms with Crippen molar-refractivity contribution in [2.75, 3.05) is 6.61 Å². The summed E-state index contributed by atoms with van der Waals surface area (Å²) in [5.74, 6) is 0. The van der Waals surface area contributed by atoms with Crippen LogP contribution in [0.25, 0.3) is 16.5 Å². The first-order valence-electron chi connectivity index (χ1n) is 6.99. The Morgan fingerprint density at radius 3 is 1.80 bits per heavy atom. The monoisotopic (exact) mass is 439 g/mol. The second kappa shape index (κ2) is 28.9. The summed E-state index contributed by atoms with van der Waals surface area (Å²) in [4.78, 5) is 3.25. The van der Waals surface area contributed by atoms with Gasteiger partial charge in [0, 0.05) is 9.52 Å². The maximum absolute atomic E-state index is 7.46. The minimum absolute atomic E-state index is 0. The molecule has 0 spiro atoms. The van der Waals surface area contributed by atoms with Crippen LogP contribution in [-0.4, -0.2) is 31.6 Å². The van der Waals surface area contributed by atoms with Gasteiger partial charge in [-0.05, 0) is 0 Å². The quantitative estimate of drug-likeness (QED) is 0.382. The number of rotatable bonds is 0. The molecular weight excluding hydrogens is 405 g/mol. The predicted octanol–water partition coefficient (Wildman–Crippen LogP) is 6.25. The molecule has 0 atom stereocenters.